The summed E-state index contributed by atoms with van der Waals surface area (Å²) >= 11 is 0. The first-order chi connectivity index (χ1) is 33.8. The highest BCUT2D eigenvalue weighted by atomic mass is 31.2. The summed E-state index contributed by atoms with van der Waals surface area (Å²) in [6.07, 6.45) is 74.3. The fourth-order valence-corrected chi connectivity index (χ4v) is 7.66. The summed E-state index contributed by atoms with van der Waals surface area (Å²) in [7, 11) is -4.38. The Labute approximate surface area is 421 Å². The third-order valence-corrected chi connectivity index (χ3v) is 11.8. The Morgan fingerprint density at radius 3 is 1.19 bits per heavy atom. The minimum atomic E-state index is -4.38. The van der Waals surface area contributed by atoms with Gasteiger partial charge in [-0.05, 0) is 89.9 Å². The predicted octanol–water partition coefficient (Wildman–Crippen LogP) is 16.8. The number of nitrogens with two attached hydrogens (primary N) is 1. The number of allylic oxidation sites excluding steroid dienone is 20. The van der Waals surface area contributed by atoms with Gasteiger partial charge in [0.1, 0.15) is 6.61 Å². The zero-order chi connectivity index (χ0) is 50.2. The van der Waals surface area contributed by atoms with Crippen molar-refractivity contribution in [2.75, 3.05) is 26.4 Å². The monoisotopic (exact) mass is 980 g/mol. The van der Waals surface area contributed by atoms with Gasteiger partial charge in [-0.1, -0.05) is 225 Å². The smallest absolute Gasteiger partial charge is 0.462 e. The molecule has 2 unspecified atom stereocenters. The van der Waals surface area contributed by atoms with Gasteiger partial charge < -0.3 is 20.1 Å². The summed E-state index contributed by atoms with van der Waals surface area (Å²) in [5.74, 6) is -0.846. The molecule has 0 saturated heterocycles. The first kappa shape index (κ1) is 65.4. The summed E-state index contributed by atoms with van der Waals surface area (Å²) in [6, 6.07) is 0. The second-order valence-electron chi connectivity index (χ2n) is 17.4. The highest BCUT2D eigenvalue weighted by Crippen LogP contribution is 2.43. The molecule has 0 amide bonds. The van der Waals surface area contributed by atoms with Crippen molar-refractivity contribution in [1.29, 1.82) is 0 Å². The summed E-state index contributed by atoms with van der Waals surface area (Å²) < 4.78 is 32.7. The van der Waals surface area contributed by atoms with Gasteiger partial charge in [0.2, 0.25) is 0 Å². The van der Waals surface area contributed by atoms with Crippen molar-refractivity contribution in [2.24, 2.45) is 5.73 Å². The molecule has 0 aliphatic heterocycles. The molecule has 0 aliphatic rings. The van der Waals surface area contributed by atoms with Crippen molar-refractivity contribution in [3.05, 3.63) is 122 Å². The molecule has 0 aromatic carbocycles. The molecular formula is C59H98NO8P. The number of hydrogen-bond donors (Lipinski definition) is 2. The Kier molecular flexibility index (Phi) is 51.0. The number of rotatable bonds is 49. The topological polar surface area (TPSA) is 134 Å². The van der Waals surface area contributed by atoms with Crippen molar-refractivity contribution in [2.45, 2.75) is 213 Å². The van der Waals surface area contributed by atoms with Gasteiger partial charge in [0.25, 0.3) is 0 Å². The minimum Gasteiger partial charge on any atom is -0.462 e. The second kappa shape index (κ2) is 53.8. The van der Waals surface area contributed by atoms with Gasteiger partial charge in [-0.25, -0.2) is 4.57 Å². The van der Waals surface area contributed by atoms with Crippen LogP contribution in [0.1, 0.15) is 206 Å². The van der Waals surface area contributed by atoms with Crippen LogP contribution in [-0.2, 0) is 32.7 Å². The van der Waals surface area contributed by atoms with Gasteiger partial charge in [0.15, 0.2) is 6.10 Å². The van der Waals surface area contributed by atoms with Gasteiger partial charge in [-0.3, -0.25) is 18.6 Å². The van der Waals surface area contributed by atoms with Crippen LogP contribution in [0, 0.1) is 0 Å². The van der Waals surface area contributed by atoms with Crippen molar-refractivity contribution < 1.29 is 37.6 Å². The summed E-state index contributed by atoms with van der Waals surface area (Å²) in [6.45, 7) is 3.55. The number of unbranched alkanes of at least 4 members (excludes halogenated alkanes) is 16. The van der Waals surface area contributed by atoms with Crippen molar-refractivity contribution in [3.8, 4) is 0 Å². The van der Waals surface area contributed by atoms with E-state index in [2.05, 4.69) is 135 Å². The molecule has 0 saturated carbocycles. The van der Waals surface area contributed by atoms with Gasteiger partial charge in [-0.2, -0.15) is 0 Å². The average Bonchev–Trinajstić information content (AvgIpc) is 3.34. The fraction of sp³-hybridized carbons (Fsp3) is 0.627. The molecule has 3 N–H and O–H groups in total. The molecule has 0 fully saturated rings. The van der Waals surface area contributed by atoms with Crippen molar-refractivity contribution in [3.63, 3.8) is 0 Å². The number of phosphoric acid groups is 1. The zero-order valence-corrected chi connectivity index (χ0v) is 44.4. The van der Waals surface area contributed by atoms with Gasteiger partial charge in [0.05, 0.1) is 13.2 Å². The van der Waals surface area contributed by atoms with Crippen LogP contribution in [0.15, 0.2) is 122 Å². The van der Waals surface area contributed by atoms with Crippen LogP contribution in [0.5, 0.6) is 0 Å². The first-order valence-corrected chi connectivity index (χ1v) is 28.5. The molecule has 69 heavy (non-hydrogen) atoms. The van der Waals surface area contributed by atoms with Crippen LogP contribution >= 0.6 is 7.82 Å². The lowest BCUT2D eigenvalue weighted by atomic mass is 10.0. The van der Waals surface area contributed by atoms with Crippen LogP contribution in [-0.4, -0.2) is 49.3 Å². The standard InChI is InChI=1S/C59H98NO8P/c1-3-5-7-9-11-12-13-14-15-16-17-18-19-20-21-22-23-24-25-26-27-28-29-30-31-32-33-34-35-36-37-38-39-40-41-42-43-44-46-48-50-52-59(62)68-57(56-67-69(63,64)66-54-53-60)55-65-58(61)51-49-47-45-10-8-6-4-2/h5,7,11-12,14-15,17-18,20-21,23-24,26-27,29-30,32-33,35-36,57H,3-4,6,8-10,13,16,19,22,25,28,31,34,37-56,60H2,1-2H3,(H,63,64)/b7-5-,12-11-,15-14-,18-17-,21-20-,24-23-,27-26-,30-29-,33-32-,36-35-. The summed E-state index contributed by atoms with van der Waals surface area (Å²) in [4.78, 5) is 34.8. The minimum absolute atomic E-state index is 0.0486. The number of phosphoric ester groups is 1. The molecule has 0 aliphatic carbocycles. The lowest BCUT2D eigenvalue weighted by Crippen LogP contribution is -2.29. The molecule has 392 valence electrons. The first-order valence-electron chi connectivity index (χ1n) is 27.0. The lowest BCUT2D eigenvalue weighted by Gasteiger charge is -2.19. The average molecular weight is 980 g/mol. The molecule has 0 aromatic heterocycles. The Morgan fingerprint density at radius 1 is 0.449 bits per heavy atom. The van der Waals surface area contributed by atoms with Crippen molar-refractivity contribution in [1.82, 2.24) is 0 Å². The molecule has 9 nitrogen and oxygen atoms in total. The van der Waals surface area contributed by atoms with Gasteiger partial charge >= 0.3 is 19.8 Å². The largest absolute Gasteiger partial charge is 0.472 e. The quantitative estimate of drug-likeness (QED) is 0.0264. The van der Waals surface area contributed by atoms with Crippen LogP contribution in [0.25, 0.3) is 0 Å². The van der Waals surface area contributed by atoms with E-state index >= 15 is 0 Å². The normalized spacial score (nSPS) is 14.1. The Hall–Kier alpha value is -3.59. The molecule has 0 rings (SSSR count). The molecule has 2 atom stereocenters. The third kappa shape index (κ3) is 53.6. The summed E-state index contributed by atoms with van der Waals surface area (Å²) in [5, 5.41) is 0. The highest BCUT2D eigenvalue weighted by Gasteiger charge is 2.26. The highest BCUT2D eigenvalue weighted by molar-refractivity contribution is 7.47. The van der Waals surface area contributed by atoms with Gasteiger partial charge in [-0.15, -0.1) is 0 Å². The van der Waals surface area contributed by atoms with Crippen LogP contribution in [0.2, 0.25) is 0 Å². The van der Waals surface area contributed by atoms with E-state index in [-0.39, 0.29) is 32.6 Å². The summed E-state index contributed by atoms with van der Waals surface area (Å²) in [5.41, 5.74) is 5.34. The maximum atomic E-state index is 12.6. The van der Waals surface area contributed by atoms with E-state index in [1.54, 1.807) is 0 Å². The molecular weight excluding hydrogens is 882 g/mol. The van der Waals surface area contributed by atoms with E-state index in [1.165, 1.54) is 57.8 Å². The van der Waals surface area contributed by atoms with Crippen LogP contribution in [0.3, 0.4) is 0 Å². The van der Waals surface area contributed by atoms with Crippen LogP contribution in [0.4, 0.5) is 0 Å². The van der Waals surface area contributed by atoms with E-state index in [1.807, 2.05) is 0 Å². The number of hydrogen-bond acceptors (Lipinski definition) is 8. The van der Waals surface area contributed by atoms with Gasteiger partial charge in [0, 0.05) is 19.4 Å². The predicted molar refractivity (Wildman–Crippen MR) is 293 cm³/mol. The Morgan fingerprint density at radius 2 is 0.797 bits per heavy atom. The molecule has 0 spiro atoms. The third-order valence-electron chi connectivity index (χ3n) is 10.9. The maximum absolute atomic E-state index is 12.6. The second-order valence-corrected chi connectivity index (χ2v) is 18.8. The molecule has 10 heteroatoms. The Bertz CT molecular complexity index is 1540. The molecule has 0 heterocycles. The number of carbonyl (C=O) groups is 2. The van der Waals surface area contributed by atoms with E-state index in [4.69, 9.17) is 24.3 Å². The molecule has 0 aromatic rings. The number of esters is 2. The molecule has 0 radical (unpaired) electrons. The SMILES string of the molecule is CC/C=C\C/C=C\C/C=C\C/C=C\C/C=C\C/C=C\C/C=C\C/C=C\C/C=C\C/C=C\CCCCCCCCCCCCC(=O)OC(COC(=O)CCCCCCCCC)COP(=O)(O)OCCN. The molecule has 0 bridgehead atoms. The van der Waals surface area contributed by atoms with E-state index in [0.29, 0.717) is 6.42 Å². The van der Waals surface area contributed by atoms with E-state index in [0.717, 1.165) is 116 Å². The fourth-order valence-electron chi connectivity index (χ4n) is 6.90. The zero-order valence-electron chi connectivity index (χ0n) is 43.5. The Balaban J connectivity index is 3.88. The lowest BCUT2D eigenvalue weighted by molar-refractivity contribution is -0.161. The number of ether oxygens (including phenoxy) is 2. The van der Waals surface area contributed by atoms with E-state index < -0.39 is 32.5 Å². The maximum Gasteiger partial charge on any atom is 0.472 e. The van der Waals surface area contributed by atoms with Crippen LogP contribution < -0.4 is 5.73 Å². The van der Waals surface area contributed by atoms with E-state index in [9.17, 15) is 19.0 Å². The number of carbonyl (C=O) groups excluding carboxylic acids is 2. The van der Waals surface area contributed by atoms with Crippen molar-refractivity contribution >= 4 is 19.8 Å².